The Morgan fingerprint density at radius 2 is 1.53 bits per heavy atom. The summed E-state index contributed by atoms with van der Waals surface area (Å²) in [6.07, 6.45) is 9.48. The van der Waals surface area contributed by atoms with E-state index in [-0.39, 0.29) is 0 Å². The third kappa shape index (κ3) is 8.22. The van der Waals surface area contributed by atoms with Crippen LogP contribution in [-0.4, -0.2) is 5.71 Å². The molecule has 0 spiro atoms. The summed E-state index contributed by atoms with van der Waals surface area (Å²) >= 11 is 1.66. The molecule has 102 valence electrons. The highest BCUT2D eigenvalue weighted by Gasteiger charge is 1.96. The molecule has 1 nitrogen and oxygen atoms in total. The van der Waals surface area contributed by atoms with Gasteiger partial charge in [-0.05, 0) is 48.7 Å². The van der Waals surface area contributed by atoms with Crippen molar-refractivity contribution >= 4 is 17.5 Å². The van der Waals surface area contributed by atoms with Crippen molar-refractivity contribution in [3.05, 3.63) is 71.2 Å². The van der Waals surface area contributed by atoms with Gasteiger partial charge in [0.2, 0.25) is 0 Å². The SMILES string of the molecule is C=CC(=C\C=C(/C)SC(=C)C)/C(C=C)=C/N=C(C)C. The van der Waals surface area contributed by atoms with Crippen molar-refractivity contribution in [2.75, 3.05) is 0 Å². The monoisotopic (exact) mass is 273 g/mol. The second kappa shape index (κ2) is 9.40. The maximum Gasteiger partial charge on any atom is 0.0345 e. The van der Waals surface area contributed by atoms with Crippen molar-refractivity contribution in [1.29, 1.82) is 0 Å². The maximum absolute atomic E-state index is 4.29. The molecule has 0 fully saturated rings. The number of rotatable bonds is 7. The predicted octanol–water partition coefficient (Wildman–Crippen LogP) is 5.82. The zero-order valence-electron chi connectivity index (χ0n) is 12.4. The molecule has 2 heteroatoms. The molecule has 0 heterocycles. The van der Waals surface area contributed by atoms with Gasteiger partial charge in [-0.15, -0.1) is 11.8 Å². The molecule has 0 unspecified atom stereocenters. The lowest BCUT2D eigenvalue weighted by Crippen LogP contribution is -1.84. The Bertz CT molecular complexity index is 469. The number of hydrogen-bond acceptors (Lipinski definition) is 2. The van der Waals surface area contributed by atoms with Crippen molar-refractivity contribution < 1.29 is 0 Å². The molecule has 0 aliphatic rings. The fraction of sp³-hybridized carbons (Fsp3) is 0.235. The topological polar surface area (TPSA) is 12.4 Å². The highest BCUT2D eigenvalue weighted by atomic mass is 32.2. The summed E-state index contributed by atoms with van der Waals surface area (Å²) in [4.78, 5) is 6.56. The first kappa shape index (κ1) is 17.5. The van der Waals surface area contributed by atoms with Crippen LogP contribution in [0.25, 0.3) is 0 Å². The summed E-state index contributed by atoms with van der Waals surface area (Å²) in [7, 11) is 0. The Morgan fingerprint density at radius 1 is 0.947 bits per heavy atom. The average Bonchev–Trinajstić information content (AvgIpc) is 2.32. The van der Waals surface area contributed by atoms with Crippen LogP contribution >= 0.6 is 11.8 Å². The van der Waals surface area contributed by atoms with E-state index >= 15 is 0 Å². The minimum absolute atomic E-state index is 0.959. The van der Waals surface area contributed by atoms with Crippen LogP contribution in [0.2, 0.25) is 0 Å². The van der Waals surface area contributed by atoms with E-state index in [1.807, 2.05) is 39.1 Å². The van der Waals surface area contributed by atoms with Gasteiger partial charge in [-0.1, -0.05) is 44.0 Å². The molecule has 0 aromatic carbocycles. The minimum atomic E-state index is 0.959. The van der Waals surface area contributed by atoms with Crippen molar-refractivity contribution in [2.45, 2.75) is 27.7 Å². The number of thioether (sulfide) groups is 1. The molecular formula is C17H23NS. The van der Waals surface area contributed by atoms with Crippen molar-refractivity contribution in [3.8, 4) is 0 Å². The van der Waals surface area contributed by atoms with E-state index in [1.54, 1.807) is 17.8 Å². The molecular weight excluding hydrogens is 250 g/mol. The van der Waals surface area contributed by atoms with Gasteiger partial charge in [0.05, 0.1) is 0 Å². The van der Waals surface area contributed by atoms with Gasteiger partial charge in [-0.3, -0.25) is 4.99 Å². The molecule has 0 aliphatic carbocycles. The largest absolute Gasteiger partial charge is 0.266 e. The van der Waals surface area contributed by atoms with Crippen LogP contribution in [0.3, 0.4) is 0 Å². The van der Waals surface area contributed by atoms with Crippen LogP contribution in [0.15, 0.2) is 76.2 Å². The Balaban J connectivity index is 5.23. The van der Waals surface area contributed by atoms with Crippen LogP contribution < -0.4 is 0 Å². The molecule has 0 saturated carbocycles. The summed E-state index contributed by atoms with van der Waals surface area (Å²) in [5.74, 6) is 0. The normalized spacial score (nSPS) is 12.9. The van der Waals surface area contributed by atoms with Crippen LogP contribution in [0.1, 0.15) is 27.7 Å². The molecule has 0 N–H and O–H groups in total. The van der Waals surface area contributed by atoms with E-state index in [0.717, 1.165) is 21.8 Å². The molecule has 0 bridgehead atoms. The summed E-state index contributed by atoms with van der Waals surface area (Å²) in [6.45, 7) is 19.5. The average molecular weight is 273 g/mol. The molecule has 0 radical (unpaired) electrons. The predicted molar refractivity (Wildman–Crippen MR) is 91.5 cm³/mol. The van der Waals surface area contributed by atoms with E-state index in [2.05, 4.69) is 37.7 Å². The van der Waals surface area contributed by atoms with Crippen LogP contribution in [-0.2, 0) is 0 Å². The lowest BCUT2D eigenvalue weighted by molar-refractivity contribution is 1.42. The highest BCUT2D eigenvalue weighted by molar-refractivity contribution is 8.06. The van der Waals surface area contributed by atoms with Gasteiger partial charge in [-0.25, -0.2) is 0 Å². The fourth-order valence-corrected chi connectivity index (χ4v) is 1.93. The molecule has 0 amide bonds. The lowest BCUT2D eigenvalue weighted by atomic mass is 10.1. The van der Waals surface area contributed by atoms with Crippen LogP contribution in [0.4, 0.5) is 0 Å². The first-order valence-electron chi connectivity index (χ1n) is 6.09. The first-order chi connectivity index (χ1) is 8.90. The quantitative estimate of drug-likeness (QED) is 0.420. The third-order valence-corrected chi connectivity index (χ3v) is 2.87. The lowest BCUT2D eigenvalue weighted by Gasteiger charge is -2.02. The van der Waals surface area contributed by atoms with E-state index in [9.17, 15) is 0 Å². The van der Waals surface area contributed by atoms with Gasteiger partial charge in [0.25, 0.3) is 0 Å². The van der Waals surface area contributed by atoms with Gasteiger partial charge in [-0.2, -0.15) is 0 Å². The van der Waals surface area contributed by atoms with Crippen LogP contribution in [0, 0.1) is 0 Å². The van der Waals surface area contributed by atoms with Gasteiger partial charge >= 0.3 is 0 Å². The fourth-order valence-electron chi connectivity index (χ4n) is 1.24. The molecule has 0 rings (SSSR count). The van der Waals surface area contributed by atoms with E-state index in [1.165, 1.54) is 4.91 Å². The van der Waals surface area contributed by atoms with Gasteiger partial charge in [0, 0.05) is 11.9 Å². The second-order valence-corrected chi connectivity index (χ2v) is 5.82. The first-order valence-corrected chi connectivity index (χ1v) is 6.90. The molecule has 0 aromatic heterocycles. The number of aliphatic imine (C=N–C) groups is 1. The molecule has 0 aromatic rings. The standard InChI is InChI=1S/C17H23NS/c1-8-16(11-10-15(7)19-14(5)6)17(9-2)12-18-13(3)4/h8-12H,1-2,5H2,3-4,6-7H3/b15-10+,16-11+,17-12+. The summed E-state index contributed by atoms with van der Waals surface area (Å²) in [6, 6.07) is 0. The van der Waals surface area contributed by atoms with Gasteiger partial charge < -0.3 is 0 Å². The Kier molecular flexibility index (Phi) is 8.64. The number of hydrogen-bond donors (Lipinski definition) is 0. The summed E-state index contributed by atoms with van der Waals surface area (Å²) in [5.41, 5.74) is 2.97. The zero-order valence-corrected chi connectivity index (χ0v) is 13.2. The molecule has 0 saturated heterocycles. The molecule has 19 heavy (non-hydrogen) atoms. The minimum Gasteiger partial charge on any atom is -0.266 e. The Hall–Kier alpha value is -1.54. The Labute approximate surface area is 121 Å². The van der Waals surface area contributed by atoms with Crippen molar-refractivity contribution in [1.82, 2.24) is 0 Å². The number of nitrogens with zero attached hydrogens (tertiary/aromatic N) is 1. The molecule has 0 aliphatic heterocycles. The summed E-state index contributed by atoms with van der Waals surface area (Å²) < 4.78 is 0. The van der Waals surface area contributed by atoms with E-state index < -0.39 is 0 Å². The van der Waals surface area contributed by atoms with Gasteiger partial charge in [0.15, 0.2) is 0 Å². The highest BCUT2D eigenvalue weighted by Crippen LogP contribution is 2.23. The van der Waals surface area contributed by atoms with Crippen molar-refractivity contribution in [2.24, 2.45) is 4.99 Å². The van der Waals surface area contributed by atoms with Crippen molar-refractivity contribution in [3.63, 3.8) is 0 Å². The van der Waals surface area contributed by atoms with Crippen LogP contribution in [0.5, 0.6) is 0 Å². The van der Waals surface area contributed by atoms with Gasteiger partial charge in [0.1, 0.15) is 0 Å². The molecule has 0 atom stereocenters. The zero-order chi connectivity index (χ0) is 14.8. The summed E-state index contributed by atoms with van der Waals surface area (Å²) in [5, 5.41) is 0. The maximum atomic E-state index is 4.29. The Morgan fingerprint density at radius 3 is 1.95 bits per heavy atom. The van der Waals surface area contributed by atoms with E-state index in [4.69, 9.17) is 0 Å². The number of allylic oxidation sites excluding steroid dienone is 8. The van der Waals surface area contributed by atoms with E-state index in [0.29, 0.717) is 0 Å². The third-order valence-electron chi connectivity index (χ3n) is 2.07. The smallest absolute Gasteiger partial charge is 0.0345 e. The second-order valence-electron chi connectivity index (χ2n) is 4.27.